The molecule has 1 fully saturated rings. The Hall–Kier alpha value is -2.10. The molecule has 0 radical (unpaired) electrons. The Morgan fingerprint density at radius 2 is 1.86 bits per heavy atom. The summed E-state index contributed by atoms with van der Waals surface area (Å²) in [4.78, 5) is 14.9. The van der Waals surface area contributed by atoms with Gasteiger partial charge in [-0.3, -0.25) is 4.79 Å². The number of nitrogens with zero attached hydrogens (tertiary/aromatic N) is 3. The number of hydrogen-bond donors (Lipinski definition) is 0. The molecule has 1 aliphatic heterocycles. The lowest BCUT2D eigenvalue weighted by molar-refractivity contribution is 0.0791. The molecule has 2 heterocycles. The van der Waals surface area contributed by atoms with Gasteiger partial charge in [0, 0.05) is 13.1 Å². The minimum Gasteiger partial charge on any atom is -0.339 e. The first-order chi connectivity index (χ1) is 10.7. The molecule has 4 heteroatoms. The Labute approximate surface area is 131 Å². The topological polar surface area (TPSA) is 38.1 Å². The van der Waals surface area contributed by atoms with E-state index in [1.165, 1.54) is 0 Å². The highest BCUT2D eigenvalue weighted by Gasteiger charge is 2.27. The highest BCUT2D eigenvalue weighted by molar-refractivity contribution is 5.96. The number of likely N-dealkylation sites (tertiary alicyclic amines) is 1. The molecule has 0 aliphatic carbocycles. The molecule has 1 aromatic heterocycles. The fourth-order valence-electron chi connectivity index (χ4n) is 3.15. The fraction of sp³-hybridized carbons (Fsp3) is 0.444. The molecular weight excluding hydrogens is 274 g/mol. The molecule has 1 saturated heterocycles. The summed E-state index contributed by atoms with van der Waals surface area (Å²) in [5.41, 5.74) is 3.71. The quantitative estimate of drug-likeness (QED) is 0.868. The molecule has 0 unspecified atom stereocenters. The molecule has 0 spiro atoms. The summed E-state index contributed by atoms with van der Waals surface area (Å²) in [6.07, 6.45) is 4.06. The van der Waals surface area contributed by atoms with E-state index in [0.717, 1.165) is 61.4 Å². The van der Waals surface area contributed by atoms with E-state index in [4.69, 9.17) is 5.10 Å². The highest BCUT2D eigenvalue weighted by atomic mass is 16.2. The van der Waals surface area contributed by atoms with Crippen LogP contribution in [0.5, 0.6) is 0 Å². The molecule has 0 saturated carbocycles. The van der Waals surface area contributed by atoms with Crippen LogP contribution >= 0.6 is 0 Å². The molecule has 22 heavy (non-hydrogen) atoms. The predicted octanol–water partition coefficient (Wildman–Crippen LogP) is 3.37. The van der Waals surface area contributed by atoms with E-state index >= 15 is 0 Å². The summed E-state index contributed by atoms with van der Waals surface area (Å²) in [7, 11) is 0. The molecular formula is C18H23N3O. The lowest BCUT2D eigenvalue weighted by Crippen LogP contribution is -2.28. The largest absolute Gasteiger partial charge is 0.339 e. The van der Waals surface area contributed by atoms with Crippen molar-refractivity contribution < 1.29 is 4.79 Å². The van der Waals surface area contributed by atoms with E-state index < -0.39 is 0 Å². The van der Waals surface area contributed by atoms with Gasteiger partial charge < -0.3 is 4.90 Å². The van der Waals surface area contributed by atoms with Crippen LogP contribution in [-0.2, 0) is 6.42 Å². The van der Waals surface area contributed by atoms with E-state index in [2.05, 4.69) is 6.92 Å². The number of hydrogen-bond acceptors (Lipinski definition) is 2. The van der Waals surface area contributed by atoms with Crippen molar-refractivity contribution in [1.29, 1.82) is 0 Å². The fourth-order valence-corrected chi connectivity index (χ4v) is 3.15. The van der Waals surface area contributed by atoms with Gasteiger partial charge in [-0.1, -0.05) is 31.5 Å². The van der Waals surface area contributed by atoms with Crippen LogP contribution in [0.4, 0.5) is 0 Å². The molecule has 2 aromatic rings. The van der Waals surface area contributed by atoms with Crippen LogP contribution in [0.2, 0.25) is 0 Å². The minimum absolute atomic E-state index is 0.153. The van der Waals surface area contributed by atoms with Gasteiger partial charge in [0.1, 0.15) is 0 Å². The summed E-state index contributed by atoms with van der Waals surface area (Å²) >= 11 is 0. The zero-order valence-corrected chi connectivity index (χ0v) is 13.4. The predicted molar refractivity (Wildman–Crippen MR) is 87.4 cm³/mol. The Morgan fingerprint density at radius 1 is 1.18 bits per heavy atom. The zero-order valence-electron chi connectivity index (χ0n) is 13.4. The van der Waals surface area contributed by atoms with Crippen molar-refractivity contribution in [2.75, 3.05) is 13.1 Å². The molecule has 116 valence electrons. The van der Waals surface area contributed by atoms with E-state index in [-0.39, 0.29) is 5.91 Å². The van der Waals surface area contributed by atoms with Crippen LogP contribution in [0, 0.1) is 6.92 Å². The van der Waals surface area contributed by atoms with Crippen LogP contribution in [0.25, 0.3) is 5.69 Å². The van der Waals surface area contributed by atoms with Gasteiger partial charge in [-0.25, -0.2) is 4.68 Å². The maximum absolute atomic E-state index is 12.9. The standard InChI is InChI=1S/C18H23N3O/c1-3-9-16-17(18(22)20-12-7-8-13-20)14(2)21(19-16)15-10-5-4-6-11-15/h4-6,10-11H,3,7-9,12-13H2,1-2H3. The van der Waals surface area contributed by atoms with Crippen molar-refractivity contribution >= 4 is 5.91 Å². The number of aromatic nitrogens is 2. The average Bonchev–Trinajstić information content (AvgIpc) is 3.17. The summed E-state index contributed by atoms with van der Waals surface area (Å²) in [5, 5.41) is 4.73. The molecule has 3 rings (SSSR count). The van der Waals surface area contributed by atoms with Gasteiger partial charge >= 0.3 is 0 Å². The third-order valence-corrected chi connectivity index (χ3v) is 4.28. The summed E-state index contributed by atoms with van der Waals surface area (Å²) in [5.74, 6) is 0.153. The average molecular weight is 297 g/mol. The van der Waals surface area contributed by atoms with Gasteiger partial charge in [-0.15, -0.1) is 0 Å². The number of aryl methyl sites for hydroxylation is 1. The molecule has 0 N–H and O–H groups in total. The summed E-state index contributed by atoms with van der Waals surface area (Å²) in [6, 6.07) is 10.0. The molecule has 0 atom stereocenters. The van der Waals surface area contributed by atoms with Gasteiger partial charge in [0.25, 0.3) is 5.91 Å². The van der Waals surface area contributed by atoms with Crippen LogP contribution in [0.15, 0.2) is 30.3 Å². The van der Waals surface area contributed by atoms with Gasteiger partial charge in [0.15, 0.2) is 0 Å². The van der Waals surface area contributed by atoms with Crippen molar-refractivity contribution in [3.8, 4) is 5.69 Å². The first-order valence-electron chi connectivity index (χ1n) is 8.15. The zero-order chi connectivity index (χ0) is 15.5. The Bertz CT molecular complexity index is 654. The van der Waals surface area contributed by atoms with Gasteiger partial charge in [-0.05, 0) is 38.3 Å². The maximum atomic E-state index is 12.9. The SMILES string of the molecule is CCCc1nn(-c2ccccc2)c(C)c1C(=O)N1CCCC1. The van der Waals surface area contributed by atoms with Gasteiger partial charge in [0.2, 0.25) is 0 Å². The van der Waals surface area contributed by atoms with Crippen molar-refractivity contribution in [2.24, 2.45) is 0 Å². The second-order valence-corrected chi connectivity index (χ2v) is 5.90. The lowest BCUT2D eigenvalue weighted by atomic mass is 10.1. The summed E-state index contributed by atoms with van der Waals surface area (Å²) in [6.45, 7) is 5.88. The Kier molecular flexibility index (Phi) is 4.27. The van der Waals surface area contributed by atoms with Gasteiger partial charge in [-0.2, -0.15) is 5.10 Å². The summed E-state index contributed by atoms with van der Waals surface area (Å²) < 4.78 is 1.91. The van der Waals surface area contributed by atoms with E-state index in [1.807, 2.05) is 46.8 Å². The van der Waals surface area contributed by atoms with Gasteiger partial charge in [0.05, 0.1) is 22.6 Å². The third-order valence-electron chi connectivity index (χ3n) is 4.28. The van der Waals surface area contributed by atoms with Crippen LogP contribution in [0.1, 0.15) is 47.9 Å². The van der Waals surface area contributed by atoms with E-state index in [1.54, 1.807) is 0 Å². The van der Waals surface area contributed by atoms with Crippen molar-refractivity contribution in [2.45, 2.75) is 39.5 Å². The van der Waals surface area contributed by atoms with Crippen LogP contribution < -0.4 is 0 Å². The number of benzene rings is 1. The second kappa shape index (κ2) is 6.34. The second-order valence-electron chi connectivity index (χ2n) is 5.90. The lowest BCUT2D eigenvalue weighted by Gasteiger charge is -2.15. The number of para-hydroxylation sites is 1. The number of amides is 1. The molecule has 1 amide bonds. The van der Waals surface area contributed by atoms with E-state index in [0.29, 0.717) is 0 Å². The Balaban J connectivity index is 2.04. The maximum Gasteiger partial charge on any atom is 0.257 e. The number of carbonyl (C=O) groups is 1. The minimum atomic E-state index is 0.153. The monoisotopic (exact) mass is 297 g/mol. The third kappa shape index (κ3) is 2.65. The van der Waals surface area contributed by atoms with Crippen molar-refractivity contribution in [3.63, 3.8) is 0 Å². The molecule has 1 aliphatic rings. The first-order valence-corrected chi connectivity index (χ1v) is 8.15. The normalized spacial score (nSPS) is 14.5. The number of carbonyl (C=O) groups excluding carboxylic acids is 1. The first kappa shape index (κ1) is 14.8. The molecule has 1 aromatic carbocycles. The van der Waals surface area contributed by atoms with Crippen LogP contribution in [0.3, 0.4) is 0 Å². The van der Waals surface area contributed by atoms with E-state index in [9.17, 15) is 4.79 Å². The van der Waals surface area contributed by atoms with Crippen LogP contribution in [-0.4, -0.2) is 33.7 Å². The van der Waals surface area contributed by atoms with Crippen molar-refractivity contribution in [1.82, 2.24) is 14.7 Å². The molecule has 0 bridgehead atoms. The Morgan fingerprint density at radius 3 is 2.50 bits per heavy atom. The van der Waals surface area contributed by atoms with Crippen molar-refractivity contribution in [3.05, 3.63) is 47.3 Å². The number of rotatable bonds is 4. The smallest absolute Gasteiger partial charge is 0.257 e. The molecule has 4 nitrogen and oxygen atoms in total. The highest BCUT2D eigenvalue weighted by Crippen LogP contribution is 2.23.